The topological polar surface area (TPSA) is 67.2 Å². The number of hydrogen-bond donors (Lipinski definition) is 2. The van der Waals surface area contributed by atoms with Crippen molar-refractivity contribution in [1.82, 2.24) is 0 Å². The number of aryl methyl sites for hydroxylation is 1. The highest BCUT2D eigenvalue weighted by Crippen LogP contribution is 2.27. The smallest absolute Gasteiger partial charge is 0.273 e. The lowest BCUT2D eigenvalue weighted by atomic mass is 10.2. The summed E-state index contributed by atoms with van der Waals surface area (Å²) in [6.07, 6.45) is 0.962. The third kappa shape index (κ3) is 4.21. The predicted octanol–water partition coefficient (Wildman–Crippen LogP) is 4.47. The first-order valence-corrected chi connectivity index (χ1v) is 6.95. The molecule has 0 amide bonds. The van der Waals surface area contributed by atoms with Crippen molar-refractivity contribution in [2.75, 3.05) is 17.2 Å². The Morgan fingerprint density at radius 3 is 2.52 bits per heavy atom. The Balaban J connectivity index is 2.28. The van der Waals surface area contributed by atoms with Gasteiger partial charge in [0.15, 0.2) is 0 Å². The molecule has 21 heavy (non-hydrogen) atoms. The van der Waals surface area contributed by atoms with E-state index in [9.17, 15) is 10.1 Å². The van der Waals surface area contributed by atoms with Crippen LogP contribution in [0.1, 0.15) is 18.9 Å². The zero-order valence-corrected chi connectivity index (χ0v) is 12.2. The maximum atomic E-state index is 11.0. The summed E-state index contributed by atoms with van der Waals surface area (Å²) < 4.78 is 0. The van der Waals surface area contributed by atoms with E-state index in [4.69, 9.17) is 0 Å². The molecule has 5 nitrogen and oxygen atoms in total. The van der Waals surface area contributed by atoms with Gasteiger partial charge in [0.05, 0.1) is 4.92 Å². The lowest BCUT2D eigenvalue weighted by Gasteiger charge is -2.10. The average Bonchev–Trinajstić information content (AvgIpc) is 2.45. The van der Waals surface area contributed by atoms with Gasteiger partial charge in [0.25, 0.3) is 5.69 Å². The van der Waals surface area contributed by atoms with Crippen LogP contribution >= 0.6 is 0 Å². The molecule has 110 valence electrons. The molecule has 0 aliphatic carbocycles. The summed E-state index contributed by atoms with van der Waals surface area (Å²) in [5.41, 5.74) is 3.58. The number of non-ortho nitro benzene ring substituents is 1. The molecule has 0 spiro atoms. The molecule has 0 saturated carbocycles. The Morgan fingerprint density at radius 1 is 1.10 bits per heavy atom. The Morgan fingerprint density at radius 2 is 1.86 bits per heavy atom. The summed E-state index contributed by atoms with van der Waals surface area (Å²) >= 11 is 0. The van der Waals surface area contributed by atoms with Gasteiger partial charge in [0.1, 0.15) is 0 Å². The third-order valence-electron chi connectivity index (χ3n) is 3.01. The molecule has 0 saturated heterocycles. The van der Waals surface area contributed by atoms with Crippen molar-refractivity contribution < 1.29 is 4.92 Å². The van der Waals surface area contributed by atoms with Gasteiger partial charge < -0.3 is 10.6 Å². The molecule has 2 rings (SSSR count). The van der Waals surface area contributed by atoms with E-state index >= 15 is 0 Å². The first kappa shape index (κ1) is 14.8. The molecular weight excluding hydrogens is 266 g/mol. The fraction of sp³-hybridized carbons (Fsp3) is 0.250. The first-order chi connectivity index (χ1) is 10.1. The second kappa shape index (κ2) is 6.74. The van der Waals surface area contributed by atoms with Gasteiger partial charge in [-0.1, -0.05) is 19.1 Å². The van der Waals surface area contributed by atoms with Crippen LogP contribution in [0.15, 0.2) is 42.5 Å². The molecule has 0 atom stereocenters. The van der Waals surface area contributed by atoms with Gasteiger partial charge >= 0.3 is 0 Å². The van der Waals surface area contributed by atoms with Crippen molar-refractivity contribution in [2.45, 2.75) is 20.3 Å². The summed E-state index contributed by atoms with van der Waals surface area (Å²) in [7, 11) is 0. The van der Waals surface area contributed by atoms with Gasteiger partial charge in [0, 0.05) is 35.7 Å². The molecular formula is C16H19N3O2. The monoisotopic (exact) mass is 285 g/mol. The van der Waals surface area contributed by atoms with Crippen molar-refractivity contribution >= 4 is 22.7 Å². The molecule has 0 aliphatic rings. The van der Waals surface area contributed by atoms with E-state index in [2.05, 4.69) is 17.6 Å². The van der Waals surface area contributed by atoms with E-state index in [1.165, 1.54) is 0 Å². The van der Waals surface area contributed by atoms with Crippen LogP contribution in [0.25, 0.3) is 0 Å². The standard InChI is InChI=1S/C16H19N3O2/c1-3-7-17-14-9-15(11-16(10-14)19(20)21)18-13-6-4-5-12(2)8-13/h4-6,8-11,17-18H,3,7H2,1-2H3. The van der Waals surface area contributed by atoms with E-state index in [1.54, 1.807) is 12.1 Å². The van der Waals surface area contributed by atoms with Crippen molar-refractivity contribution in [1.29, 1.82) is 0 Å². The molecule has 0 fully saturated rings. The summed E-state index contributed by atoms with van der Waals surface area (Å²) in [6, 6.07) is 12.9. The summed E-state index contributed by atoms with van der Waals surface area (Å²) in [5.74, 6) is 0. The van der Waals surface area contributed by atoms with Gasteiger partial charge in [-0.25, -0.2) is 0 Å². The lowest BCUT2D eigenvalue weighted by molar-refractivity contribution is -0.384. The van der Waals surface area contributed by atoms with Crippen LogP contribution in [-0.2, 0) is 0 Å². The molecule has 0 heterocycles. The summed E-state index contributed by atoms with van der Waals surface area (Å²) in [5, 5.41) is 17.4. The minimum Gasteiger partial charge on any atom is -0.385 e. The predicted molar refractivity (Wildman–Crippen MR) is 86.3 cm³/mol. The SMILES string of the molecule is CCCNc1cc(Nc2cccc(C)c2)cc([N+](=O)[O-])c1. The van der Waals surface area contributed by atoms with Gasteiger partial charge in [-0.05, 0) is 37.1 Å². The van der Waals surface area contributed by atoms with Crippen LogP contribution in [0.5, 0.6) is 0 Å². The van der Waals surface area contributed by atoms with Gasteiger partial charge in [0.2, 0.25) is 0 Å². The summed E-state index contributed by atoms with van der Waals surface area (Å²) in [6.45, 7) is 4.84. The van der Waals surface area contributed by atoms with E-state index < -0.39 is 0 Å². The zero-order chi connectivity index (χ0) is 15.2. The van der Waals surface area contributed by atoms with Crippen molar-refractivity contribution in [3.63, 3.8) is 0 Å². The van der Waals surface area contributed by atoms with Crippen LogP contribution < -0.4 is 10.6 Å². The number of nitro benzene ring substituents is 1. The molecule has 0 radical (unpaired) electrons. The van der Waals surface area contributed by atoms with Gasteiger partial charge in [-0.2, -0.15) is 0 Å². The third-order valence-corrected chi connectivity index (χ3v) is 3.01. The molecule has 2 aromatic rings. The molecule has 2 aromatic carbocycles. The average molecular weight is 285 g/mol. The van der Waals surface area contributed by atoms with Gasteiger partial charge in [-0.3, -0.25) is 10.1 Å². The van der Waals surface area contributed by atoms with E-state index in [-0.39, 0.29) is 10.6 Å². The number of nitro groups is 1. The van der Waals surface area contributed by atoms with Crippen LogP contribution in [0, 0.1) is 17.0 Å². The van der Waals surface area contributed by atoms with Crippen LogP contribution in [0.3, 0.4) is 0 Å². The first-order valence-electron chi connectivity index (χ1n) is 6.95. The fourth-order valence-electron chi connectivity index (χ4n) is 2.05. The second-order valence-corrected chi connectivity index (χ2v) is 4.95. The van der Waals surface area contributed by atoms with Crippen LogP contribution in [0.2, 0.25) is 0 Å². The number of nitrogens with one attached hydrogen (secondary N) is 2. The van der Waals surface area contributed by atoms with Crippen LogP contribution in [0.4, 0.5) is 22.7 Å². The van der Waals surface area contributed by atoms with E-state index in [0.717, 1.165) is 29.9 Å². The minimum absolute atomic E-state index is 0.0752. The van der Waals surface area contributed by atoms with Crippen molar-refractivity contribution in [3.05, 3.63) is 58.1 Å². The van der Waals surface area contributed by atoms with Crippen molar-refractivity contribution in [3.8, 4) is 0 Å². The Labute approximate surface area is 124 Å². The number of rotatable bonds is 6. The maximum Gasteiger partial charge on any atom is 0.273 e. The molecule has 5 heteroatoms. The molecule has 0 bridgehead atoms. The Hall–Kier alpha value is -2.56. The fourth-order valence-corrected chi connectivity index (χ4v) is 2.05. The second-order valence-electron chi connectivity index (χ2n) is 4.95. The van der Waals surface area contributed by atoms with Crippen LogP contribution in [-0.4, -0.2) is 11.5 Å². The zero-order valence-electron chi connectivity index (χ0n) is 12.2. The number of anilines is 3. The molecule has 2 N–H and O–H groups in total. The maximum absolute atomic E-state index is 11.0. The minimum atomic E-state index is -0.376. The quantitative estimate of drug-likeness (QED) is 0.607. The van der Waals surface area contributed by atoms with Crippen molar-refractivity contribution in [2.24, 2.45) is 0 Å². The highest BCUT2D eigenvalue weighted by Gasteiger charge is 2.10. The van der Waals surface area contributed by atoms with E-state index in [1.807, 2.05) is 37.3 Å². The number of hydrogen-bond acceptors (Lipinski definition) is 4. The highest BCUT2D eigenvalue weighted by atomic mass is 16.6. The Kier molecular flexibility index (Phi) is 4.77. The summed E-state index contributed by atoms with van der Waals surface area (Å²) in [4.78, 5) is 10.7. The molecule has 0 aromatic heterocycles. The molecule has 0 unspecified atom stereocenters. The Bertz CT molecular complexity index is 641. The number of benzene rings is 2. The highest BCUT2D eigenvalue weighted by molar-refractivity contribution is 5.69. The normalized spacial score (nSPS) is 10.2. The van der Waals surface area contributed by atoms with E-state index in [0.29, 0.717) is 5.69 Å². The number of nitrogens with zero attached hydrogens (tertiary/aromatic N) is 1. The lowest BCUT2D eigenvalue weighted by Crippen LogP contribution is -2.02. The molecule has 0 aliphatic heterocycles. The van der Waals surface area contributed by atoms with Gasteiger partial charge in [-0.15, -0.1) is 0 Å². The largest absolute Gasteiger partial charge is 0.385 e.